The average Bonchev–Trinajstić information content (AvgIpc) is 2.45. The molecule has 20 heavy (non-hydrogen) atoms. The Morgan fingerprint density at radius 2 is 2.20 bits per heavy atom. The van der Waals surface area contributed by atoms with Crippen LogP contribution in [0.15, 0.2) is 36.5 Å². The van der Waals surface area contributed by atoms with Crippen molar-refractivity contribution in [2.24, 2.45) is 5.84 Å². The summed E-state index contributed by atoms with van der Waals surface area (Å²) in [6.07, 6.45) is 1.62. The molecule has 0 radical (unpaired) electrons. The maximum Gasteiger partial charge on any atom is 0.272 e. The zero-order valence-corrected chi connectivity index (χ0v) is 10.9. The van der Waals surface area contributed by atoms with Crippen molar-refractivity contribution in [1.29, 1.82) is 0 Å². The molecular formula is C13H14N4O3. The number of hydrogen-bond donors (Lipinski definition) is 2. The Hall–Kier alpha value is -2.67. The highest BCUT2D eigenvalue weighted by Crippen LogP contribution is 2.23. The van der Waals surface area contributed by atoms with E-state index in [9.17, 15) is 10.1 Å². The Morgan fingerprint density at radius 1 is 1.40 bits per heavy atom. The number of pyridine rings is 1. The monoisotopic (exact) mass is 274 g/mol. The molecule has 0 saturated carbocycles. The number of hydrogen-bond acceptors (Lipinski definition) is 6. The Morgan fingerprint density at radius 3 is 2.85 bits per heavy atom. The summed E-state index contributed by atoms with van der Waals surface area (Å²) in [5.41, 5.74) is 4.59. The van der Waals surface area contributed by atoms with Gasteiger partial charge in [0.05, 0.1) is 16.3 Å². The average molecular weight is 274 g/mol. The third-order valence-corrected chi connectivity index (χ3v) is 2.73. The van der Waals surface area contributed by atoms with E-state index in [2.05, 4.69) is 10.4 Å². The van der Waals surface area contributed by atoms with Gasteiger partial charge in [0.25, 0.3) is 5.69 Å². The highest BCUT2D eigenvalue weighted by Gasteiger charge is 2.10. The largest absolute Gasteiger partial charge is 0.487 e. The number of benzene rings is 1. The fourth-order valence-electron chi connectivity index (χ4n) is 1.73. The van der Waals surface area contributed by atoms with E-state index in [0.717, 1.165) is 5.69 Å². The van der Waals surface area contributed by atoms with Gasteiger partial charge in [0.1, 0.15) is 12.4 Å². The first-order valence-corrected chi connectivity index (χ1v) is 5.89. The number of nitro groups is 1. The predicted octanol–water partition coefficient (Wildman–Crippen LogP) is 2.16. The number of hydrazine groups is 1. The molecule has 7 nitrogen and oxygen atoms in total. The molecule has 0 unspecified atom stereocenters. The van der Waals surface area contributed by atoms with Crippen LogP contribution in [0.3, 0.4) is 0 Å². The molecule has 3 N–H and O–H groups in total. The SMILES string of the molecule is Cc1cc(OCc2cc(NN)ccn2)ccc1[N+](=O)[O-]. The molecule has 0 aliphatic heterocycles. The van der Waals surface area contributed by atoms with Crippen LogP contribution in [-0.2, 0) is 6.61 Å². The van der Waals surface area contributed by atoms with Crippen molar-refractivity contribution in [1.82, 2.24) is 4.98 Å². The number of aryl methyl sites for hydroxylation is 1. The van der Waals surface area contributed by atoms with Gasteiger partial charge in [-0.2, -0.15) is 0 Å². The second-order valence-corrected chi connectivity index (χ2v) is 4.17. The zero-order valence-electron chi connectivity index (χ0n) is 10.9. The van der Waals surface area contributed by atoms with Gasteiger partial charge in [-0.1, -0.05) is 0 Å². The molecule has 0 saturated heterocycles. The molecule has 0 bridgehead atoms. The highest BCUT2D eigenvalue weighted by atomic mass is 16.6. The van der Waals surface area contributed by atoms with Gasteiger partial charge in [0.15, 0.2) is 0 Å². The zero-order chi connectivity index (χ0) is 14.5. The number of nitrogens with zero attached hydrogens (tertiary/aromatic N) is 2. The van der Waals surface area contributed by atoms with E-state index < -0.39 is 4.92 Å². The number of aromatic nitrogens is 1. The summed E-state index contributed by atoms with van der Waals surface area (Å²) in [7, 11) is 0. The van der Waals surface area contributed by atoms with Gasteiger partial charge < -0.3 is 10.2 Å². The first-order chi connectivity index (χ1) is 9.60. The number of anilines is 1. The van der Waals surface area contributed by atoms with Crippen LogP contribution in [0.5, 0.6) is 5.75 Å². The van der Waals surface area contributed by atoms with Gasteiger partial charge in [0, 0.05) is 17.8 Å². The van der Waals surface area contributed by atoms with Crippen LogP contribution < -0.4 is 16.0 Å². The summed E-state index contributed by atoms with van der Waals surface area (Å²) in [5, 5.41) is 10.7. The van der Waals surface area contributed by atoms with Crippen molar-refractivity contribution < 1.29 is 9.66 Å². The lowest BCUT2D eigenvalue weighted by Crippen LogP contribution is -2.08. The lowest BCUT2D eigenvalue weighted by molar-refractivity contribution is -0.385. The smallest absolute Gasteiger partial charge is 0.272 e. The molecule has 7 heteroatoms. The van der Waals surface area contributed by atoms with Crippen LogP contribution in [-0.4, -0.2) is 9.91 Å². The fraction of sp³-hybridized carbons (Fsp3) is 0.154. The van der Waals surface area contributed by atoms with Crippen molar-refractivity contribution in [3.8, 4) is 5.75 Å². The summed E-state index contributed by atoms with van der Waals surface area (Å²) >= 11 is 0. The number of nitrogens with two attached hydrogens (primary N) is 1. The molecule has 0 spiro atoms. The molecule has 1 aromatic heterocycles. The minimum atomic E-state index is -0.420. The van der Waals surface area contributed by atoms with Crippen LogP contribution >= 0.6 is 0 Å². The van der Waals surface area contributed by atoms with Crippen LogP contribution in [0.25, 0.3) is 0 Å². The van der Waals surface area contributed by atoms with Gasteiger partial charge in [-0.25, -0.2) is 0 Å². The Labute approximate surface area is 115 Å². The first kappa shape index (κ1) is 13.8. The van der Waals surface area contributed by atoms with E-state index in [1.807, 2.05) is 0 Å². The van der Waals surface area contributed by atoms with Crippen molar-refractivity contribution in [3.05, 3.63) is 57.9 Å². The molecule has 2 aromatic rings. The molecule has 2 rings (SSSR count). The van der Waals surface area contributed by atoms with Gasteiger partial charge in [-0.05, 0) is 31.2 Å². The topological polar surface area (TPSA) is 103 Å². The van der Waals surface area contributed by atoms with E-state index in [1.165, 1.54) is 6.07 Å². The molecule has 0 atom stereocenters. The van der Waals surface area contributed by atoms with Crippen molar-refractivity contribution in [3.63, 3.8) is 0 Å². The van der Waals surface area contributed by atoms with Crippen LogP contribution in [0.4, 0.5) is 11.4 Å². The molecule has 0 aliphatic rings. The van der Waals surface area contributed by atoms with Crippen LogP contribution in [0, 0.1) is 17.0 Å². The minimum Gasteiger partial charge on any atom is -0.487 e. The van der Waals surface area contributed by atoms with E-state index in [1.54, 1.807) is 37.4 Å². The second kappa shape index (κ2) is 5.98. The Bertz CT molecular complexity index is 631. The lowest BCUT2D eigenvalue weighted by atomic mass is 10.2. The summed E-state index contributed by atoms with van der Waals surface area (Å²) in [4.78, 5) is 14.4. The molecule has 104 valence electrons. The van der Waals surface area contributed by atoms with Crippen molar-refractivity contribution in [2.75, 3.05) is 5.43 Å². The van der Waals surface area contributed by atoms with Gasteiger partial charge in [-0.3, -0.25) is 20.9 Å². The minimum absolute atomic E-state index is 0.0739. The predicted molar refractivity (Wildman–Crippen MR) is 74.2 cm³/mol. The normalized spacial score (nSPS) is 10.1. The Balaban J connectivity index is 2.07. The first-order valence-electron chi connectivity index (χ1n) is 5.89. The summed E-state index contributed by atoms with van der Waals surface area (Å²) < 4.78 is 5.55. The summed E-state index contributed by atoms with van der Waals surface area (Å²) in [6, 6.07) is 8.12. The molecule has 0 fully saturated rings. The standard InChI is InChI=1S/C13H14N4O3/c1-9-6-12(2-3-13(9)17(18)19)20-8-11-7-10(16-14)4-5-15-11/h2-7H,8,14H2,1H3,(H,15,16). The molecule has 0 aliphatic carbocycles. The Kier molecular flexibility index (Phi) is 4.11. The second-order valence-electron chi connectivity index (χ2n) is 4.17. The van der Waals surface area contributed by atoms with Crippen LogP contribution in [0.1, 0.15) is 11.3 Å². The number of ether oxygens (including phenoxy) is 1. The summed E-state index contributed by atoms with van der Waals surface area (Å²) in [5.74, 6) is 5.86. The van der Waals surface area contributed by atoms with Gasteiger partial charge in [-0.15, -0.1) is 0 Å². The van der Waals surface area contributed by atoms with E-state index in [4.69, 9.17) is 10.6 Å². The number of nitrogens with one attached hydrogen (secondary N) is 1. The van der Waals surface area contributed by atoms with Gasteiger partial charge >= 0.3 is 0 Å². The van der Waals surface area contributed by atoms with Crippen molar-refractivity contribution in [2.45, 2.75) is 13.5 Å². The maximum atomic E-state index is 10.7. The maximum absolute atomic E-state index is 10.7. The summed E-state index contributed by atoms with van der Waals surface area (Å²) in [6.45, 7) is 1.93. The fourth-order valence-corrected chi connectivity index (χ4v) is 1.73. The lowest BCUT2D eigenvalue weighted by Gasteiger charge is -2.08. The highest BCUT2D eigenvalue weighted by molar-refractivity contribution is 5.44. The number of nitrogen functional groups attached to an aromatic ring is 1. The molecule has 1 heterocycles. The van der Waals surface area contributed by atoms with Crippen molar-refractivity contribution >= 4 is 11.4 Å². The third kappa shape index (κ3) is 3.21. The third-order valence-electron chi connectivity index (χ3n) is 2.73. The van der Waals surface area contributed by atoms with Gasteiger partial charge in [0.2, 0.25) is 0 Å². The van der Waals surface area contributed by atoms with E-state index >= 15 is 0 Å². The number of nitro benzene ring substituents is 1. The number of rotatable bonds is 5. The van der Waals surface area contributed by atoms with Crippen LogP contribution in [0.2, 0.25) is 0 Å². The molecular weight excluding hydrogens is 260 g/mol. The quantitative estimate of drug-likeness (QED) is 0.492. The van der Waals surface area contributed by atoms with E-state index in [0.29, 0.717) is 17.0 Å². The molecule has 0 amide bonds. The van der Waals surface area contributed by atoms with E-state index in [-0.39, 0.29) is 12.3 Å². The molecule has 1 aromatic carbocycles.